The second-order valence-corrected chi connectivity index (χ2v) is 4.66. The SMILES string of the molecule is COc1ccc(Br)c(Nc2cc(NN)nc(C)n2)c1. The van der Waals surface area contributed by atoms with E-state index >= 15 is 0 Å². The van der Waals surface area contributed by atoms with Crippen molar-refractivity contribution < 1.29 is 4.74 Å². The molecule has 0 radical (unpaired) electrons. The molecule has 0 spiro atoms. The van der Waals surface area contributed by atoms with Crippen LogP contribution in [0.1, 0.15) is 5.82 Å². The Balaban J connectivity index is 2.32. The van der Waals surface area contributed by atoms with Gasteiger partial charge < -0.3 is 15.5 Å². The highest BCUT2D eigenvalue weighted by Crippen LogP contribution is 2.29. The van der Waals surface area contributed by atoms with Gasteiger partial charge in [0, 0.05) is 16.6 Å². The molecule has 6 nitrogen and oxygen atoms in total. The lowest BCUT2D eigenvalue weighted by Gasteiger charge is -2.11. The first-order valence-corrected chi connectivity index (χ1v) is 6.34. The molecular formula is C12H14BrN5O. The zero-order valence-corrected chi connectivity index (χ0v) is 12.2. The van der Waals surface area contributed by atoms with Crippen molar-refractivity contribution in [1.29, 1.82) is 0 Å². The number of nitrogens with two attached hydrogens (primary N) is 1. The first-order chi connectivity index (χ1) is 9.12. The van der Waals surface area contributed by atoms with Crippen LogP contribution in [0.5, 0.6) is 5.75 Å². The van der Waals surface area contributed by atoms with Gasteiger partial charge in [-0.15, -0.1) is 0 Å². The predicted molar refractivity (Wildman–Crippen MR) is 78.6 cm³/mol. The molecule has 4 N–H and O–H groups in total. The monoisotopic (exact) mass is 323 g/mol. The lowest BCUT2D eigenvalue weighted by atomic mass is 10.3. The number of hydrogen-bond donors (Lipinski definition) is 3. The average molecular weight is 324 g/mol. The highest BCUT2D eigenvalue weighted by molar-refractivity contribution is 9.10. The Labute approximate surface area is 119 Å². The number of ether oxygens (including phenoxy) is 1. The van der Waals surface area contributed by atoms with Crippen LogP contribution in [-0.4, -0.2) is 17.1 Å². The molecule has 0 aliphatic heterocycles. The summed E-state index contributed by atoms with van der Waals surface area (Å²) in [5.41, 5.74) is 3.35. The first kappa shape index (κ1) is 13.6. The van der Waals surface area contributed by atoms with Crippen molar-refractivity contribution in [3.8, 4) is 5.75 Å². The fraction of sp³-hybridized carbons (Fsp3) is 0.167. The van der Waals surface area contributed by atoms with Gasteiger partial charge in [0.1, 0.15) is 23.2 Å². The standard InChI is InChI=1S/C12H14BrN5O/c1-7-15-11(6-12(16-7)18-14)17-10-5-8(19-2)3-4-9(10)13/h3-6H,14H2,1-2H3,(H2,15,16,17,18). The molecule has 1 heterocycles. The molecule has 100 valence electrons. The molecule has 0 unspecified atom stereocenters. The Hall–Kier alpha value is -1.86. The number of methoxy groups -OCH3 is 1. The van der Waals surface area contributed by atoms with Gasteiger partial charge in [0.15, 0.2) is 0 Å². The highest BCUT2D eigenvalue weighted by Gasteiger charge is 2.05. The minimum absolute atomic E-state index is 0.550. The zero-order valence-electron chi connectivity index (χ0n) is 10.6. The van der Waals surface area contributed by atoms with Crippen molar-refractivity contribution in [3.05, 3.63) is 34.6 Å². The predicted octanol–water partition coefficient (Wildman–Crippen LogP) is 2.59. The van der Waals surface area contributed by atoms with Crippen LogP contribution in [0.4, 0.5) is 17.3 Å². The molecule has 7 heteroatoms. The van der Waals surface area contributed by atoms with Crippen LogP contribution in [0, 0.1) is 6.92 Å². The maximum atomic E-state index is 5.36. The van der Waals surface area contributed by atoms with Gasteiger partial charge in [0.2, 0.25) is 0 Å². The molecule has 0 aliphatic rings. The summed E-state index contributed by atoms with van der Waals surface area (Å²) in [5, 5.41) is 3.19. The molecule has 0 aliphatic carbocycles. The molecule has 2 aromatic rings. The molecule has 0 atom stereocenters. The van der Waals surface area contributed by atoms with Gasteiger partial charge in [-0.3, -0.25) is 0 Å². The van der Waals surface area contributed by atoms with Crippen molar-refractivity contribution in [2.24, 2.45) is 5.84 Å². The number of halogens is 1. The third-order valence-corrected chi connectivity index (χ3v) is 3.11. The van der Waals surface area contributed by atoms with Crippen LogP contribution in [-0.2, 0) is 0 Å². The molecule has 2 rings (SSSR count). The van der Waals surface area contributed by atoms with Crippen LogP contribution in [0.2, 0.25) is 0 Å². The molecular weight excluding hydrogens is 310 g/mol. The van der Waals surface area contributed by atoms with E-state index in [1.165, 1.54) is 0 Å². The molecule has 1 aromatic heterocycles. The third kappa shape index (κ3) is 3.33. The maximum Gasteiger partial charge on any atom is 0.145 e. The molecule has 1 aromatic carbocycles. The summed E-state index contributed by atoms with van der Waals surface area (Å²) in [7, 11) is 1.62. The Morgan fingerprint density at radius 1 is 1.21 bits per heavy atom. The molecule has 0 bridgehead atoms. The first-order valence-electron chi connectivity index (χ1n) is 5.55. The highest BCUT2D eigenvalue weighted by atomic mass is 79.9. The lowest BCUT2D eigenvalue weighted by molar-refractivity contribution is 0.415. The summed E-state index contributed by atoms with van der Waals surface area (Å²) in [6.07, 6.45) is 0. The fourth-order valence-electron chi connectivity index (χ4n) is 1.57. The van der Waals surface area contributed by atoms with E-state index in [9.17, 15) is 0 Å². The van der Waals surface area contributed by atoms with Gasteiger partial charge in [0.05, 0.1) is 12.8 Å². The van der Waals surface area contributed by atoms with Crippen LogP contribution in [0.3, 0.4) is 0 Å². The number of rotatable bonds is 4. The van der Waals surface area contributed by atoms with Crippen molar-refractivity contribution in [1.82, 2.24) is 9.97 Å². The summed E-state index contributed by atoms with van der Waals surface area (Å²) in [6, 6.07) is 7.36. The summed E-state index contributed by atoms with van der Waals surface area (Å²) in [5.74, 6) is 7.94. The van der Waals surface area contributed by atoms with Gasteiger partial charge in [-0.25, -0.2) is 15.8 Å². The van der Waals surface area contributed by atoms with E-state index in [1.807, 2.05) is 18.2 Å². The minimum atomic E-state index is 0.550. The Bertz CT molecular complexity index is 590. The molecule has 0 saturated carbocycles. The van der Waals surface area contributed by atoms with Crippen LogP contribution < -0.4 is 21.3 Å². The fourth-order valence-corrected chi connectivity index (χ4v) is 1.92. The quantitative estimate of drug-likeness (QED) is 0.592. The van der Waals surface area contributed by atoms with E-state index in [0.29, 0.717) is 17.5 Å². The van der Waals surface area contributed by atoms with Crippen LogP contribution in [0.15, 0.2) is 28.7 Å². The minimum Gasteiger partial charge on any atom is -0.497 e. The number of benzene rings is 1. The van der Waals surface area contributed by atoms with Gasteiger partial charge in [-0.05, 0) is 35.0 Å². The number of hydrazine groups is 1. The summed E-state index contributed by atoms with van der Waals surface area (Å²) in [6.45, 7) is 1.80. The smallest absolute Gasteiger partial charge is 0.145 e. The van der Waals surface area contributed by atoms with Gasteiger partial charge in [-0.1, -0.05) is 0 Å². The maximum absolute atomic E-state index is 5.36. The van der Waals surface area contributed by atoms with Gasteiger partial charge in [0.25, 0.3) is 0 Å². The van der Waals surface area contributed by atoms with E-state index in [2.05, 4.69) is 36.6 Å². The van der Waals surface area contributed by atoms with E-state index in [1.54, 1.807) is 20.1 Å². The Morgan fingerprint density at radius 3 is 2.63 bits per heavy atom. The number of nitrogen functional groups attached to an aromatic ring is 1. The molecule has 19 heavy (non-hydrogen) atoms. The average Bonchev–Trinajstić information content (AvgIpc) is 2.40. The number of aromatic nitrogens is 2. The van der Waals surface area contributed by atoms with Gasteiger partial charge >= 0.3 is 0 Å². The number of anilines is 3. The third-order valence-electron chi connectivity index (χ3n) is 2.42. The Morgan fingerprint density at radius 2 is 1.95 bits per heavy atom. The normalized spacial score (nSPS) is 10.1. The van der Waals surface area contributed by atoms with E-state index in [0.717, 1.165) is 15.9 Å². The largest absolute Gasteiger partial charge is 0.497 e. The lowest BCUT2D eigenvalue weighted by Crippen LogP contribution is -2.10. The van der Waals surface area contributed by atoms with Crippen molar-refractivity contribution in [2.45, 2.75) is 6.92 Å². The van der Waals surface area contributed by atoms with Gasteiger partial charge in [-0.2, -0.15) is 0 Å². The van der Waals surface area contributed by atoms with E-state index < -0.39 is 0 Å². The van der Waals surface area contributed by atoms with Crippen LogP contribution >= 0.6 is 15.9 Å². The number of hydrogen-bond acceptors (Lipinski definition) is 6. The topological polar surface area (TPSA) is 85.1 Å². The Kier molecular flexibility index (Phi) is 4.18. The van der Waals surface area contributed by atoms with Crippen molar-refractivity contribution >= 4 is 33.3 Å². The van der Waals surface area contributed by atoms with Crippen molar-refractivity contribution in [2.75, 3.05) is 17.9 Å². The second kappa shape index (κ2) is 5.85. The number of aryl methyl sites for hydroxylation is 1. The number of nitrogens with zero attached hydrogens (tertiary/aromatic N) is 2. The van der Waals surface area contributed by atoms with Crippen LogP contribution in [0.25, 0.3) is 0 Å². The zero-order chi connectivity index (χ0) is 13.8. The molecule has 0 saturated heterocycles. The number of nitrogens with one attached hydrogen (secondary N) is 2. The van der Waals surface area contributed by atoms with E-state index in [-0.39, 0.29) is 0 Å². The summed E-state index contributed by atoms with van der Waals surface area (Å²) >= 11 is 3.47. The van der Waals surface area contributed by atoms with E-state index in [4.69, 9.17) is 10.6 Å². The van der Waals surface area contributed by atoms with Crippen molar-refractivity contribution in [3.63, 3.8) is 0 Å². The summed E-state index contributed by atoms with van der Waals surface area (Å²) in [4.78, 5) is 8.42. The molecule has 0 fully saturated rings. The second-order valence-electron chi connectivity index (χ2n) is 3.80. The summed E-state index contributed by atoms with van der Waals surface area (Å²) < 4.78 is 6.10. The molecule has 0 amide bonds.